The molecule has 1 aromatic rings. The molecule has 2 unspecified atom stereocenters. The van der Waals surface area contributed by atoms with E-state index in [-0.39, 0.29) is 57.3 Å². The zero-order valence-electron chi connectivity index (χ0n) is 18.1. The second kappa shape index (κ2) is 7.73. The van der Waals surface area contributed by atoms with E-state index in [9.17, 15) is 26.7 Å². The van der Waals surface area contributed by atoms with E-state index in [2.05, 4.69) is 14.4 Å². The number of amides is 1. The molecule has 0 bridgehead atoms. The fourth-order valence-corrected chi connectivity index (χ4v) is 7.26. The van der Waals surface area contributed by atoms with E-state index in [4.69, 9.17) is 0 Å². The summed E-state index contributed by atoms with van der Waals surface area (Å²) in [5.41, 5.74) is 0.156. The van der Waals surface area contributed by atoms with Gasteiger partial charge < -0.3 is 15.3 Å². The number of nitrogens with one attached hydrogen (secondary N) is 2. The average Bonchev–Trinajstić information content (AvgIpc) is 3.40. The van der Waals surface area contributed by atoms with E-state index in [1.165, 1.54) is 18.2 Å². The van der Waals surface area contributed by atoms with Gasteiger partial charge in [-0.15, -0.1) is 4.40 Å². The van der Waals surface area contributed by atoms with Crippen LogP contribution >= 0.6 is 0 Å². The maximum Gasteiger partial charge on any atom is 0.286 e. The Balaban J connectivity index is 1.56. The van der Waals surface area contributed by atoms with Crippen molar-refractivity contribution in [1.82, 2.24) is 4.90 Å². The fraction of sp³-hybridized carbons (Fsp3) is 0.524. The number of anilines is 2. The first-order valence-corrected chi connectivity index (χ1v) is 14.4. The van der Waals surface area contributed by atoms with Crippen LogP contribution in [0.2, 0.25) is 0 Å². The number of rotatable bonds is 4. The zero-order chi connectivity index (χ0) is 23.5. The average molecular weight is 495 g/mol. The molecule has 5 rings (SSSR count). The molecular formula is C21H26N4O6S2. The van der Waals surface area contributed by atoms with Gasteiger partial charge in [-0.1, -0.05) is 19.3 Å². The molecule has 1 amide bonds. The van der Waals surface area contributed by atoms with Crippen LogP contribution in [0.3, 0.4) is 0 Å². The lowest BCUT2D eigenvalue weighted by Crippen LogP contribution is -2.53. The molecule has 10 nitrogen and oxygen atoms in total. The lowest BCUT2D eigenvalue weighted by atomic mass is 9.88. The van der Waals surface area contributed by atoms with E-state index in [1.54, 1.807) is 0 Å². The van der Waals surface area contributed by atoms with Gasteiger partial charge in [-0.3, -0.25) is 9.52 Å². The lowest BCUT2D eigenvalue weighted by Gasteiger charge is -2.42. The van der Waals surface area contributed by atoms with Crippen LogP contribution in [0.4, 0.5) is 11.4 Å². The summed E-state index contributed by atoms with van der Waals surface area (Å²) in [4.78, 5) is 15.3. The van der Waals surface area contributed by atoms with Crippen molar-refractivity contribution in [3.8, 4) is 0 Å². The lowest BCUT2D eigenvalue weighted by molar-refractivity contribution is -0.134. The van der Waals surface area contributed by atoms with Gasteiger partial charge in [-0.05, 0) is 43.9 Å². The number of benzene rings is 1. The van der Waals surface area contributed by atoms with Crippen LogP contribution in [0.5, 0.6) is 0 Å². The number of nitrogens with zero attached hydrogens (tertiary/aromatic N) is 2. The fourth-order valence-electron chi connectivity index (χ4n) is 5.55. The van der Waals surface area contributed by atoms with Crippen molar-refractivity contribution in [3.63, 3.8) is 0 Å². The summed E-state index contributed by atoms with van der Waals surface area (Å²) in [5, 5.41) is 13.9. The van der Waals surface area contributed by atoms with Crippen molar-refractivity contribution >= 4 is 43.2 Å². The number of hydrogen-bond donors (Lipinski definition) is 3. The molecule has 0 aromatic heterocycles. The van der Waals surface area contributed by atoms with Crippen LogP contribution < -0.4 is 10.0 Å². The first-order valence-electron chi connectivity index (χ1n) is 11.1. The van der Waals surface area contributed by atoms with Crippen molar-refractivity contribution in [2.45, 2.75) is 61.9 Å². The first-order chi connectivity index (χ1) is 15.5. The van der Waals surface area contributed by atoms with Crippen molar-refractivity contribution in [1.29, 1.82) is 0 Å². The largest absolute Gasteiger partial charge is 0.511 e. The predicted molar refractivity (Wildman–Crippen MR) is 123 cm³/mol. The van der Waals surface area contributed by atoms with Gasteiger partial charge in [-0.25, -0.2) is 8.42 Å². The topological polar surface area (TPSA) is 145 Å². The van der Waals surface area contributed by atoms with Crippen LogP contribution in [-0.4, -0.2) is 56.9 Å². The second-order valence-electron chi connectivity index (χ2n) is 9.14. The molecule has 1 aromatic carbocycles. The van der Waals surface area contributed by atoms with Crippen LogP contribution in [0, 0.1) is 5.92 Å². The normalized spacial score (nSPS) is 27.1. The molecule has 0 spiro atoms. The third-order valence-electron chi connectivity index (χ3n) is 6.87. The van der Waals surface area contributed by atoms with Crippen molar-refractivity contribution in [2.24, 2.45) is 10.3 Å². The van der Waals surface area contributed by atoms with E-state index in [1.807, 2.05) is 4.90 Å². The highest BCUT2D eigenvalue weighted by Crippen LogP contribution is 2.44. The quantitative estimate of drug-likeness (QED) is 0.582. The number of aliphatic hydroxyl groups excluding tert-OH is 1. The van der Waals surface area contributed by atoms with Gasteiger partial charge >= 0.3 is 0 Å². The number of carbonyl (C=O) groups excluding carboxylic acids is 1. The first kappa shape index (κ1) is 22.2. The van der Waals surface area contributed by atoms with Crippen LogP contribution in [0.25, 0.3) is 0 Å². The minimum Gasteiger partial charge on any atom is -0.511 e. The maximum atomic E-state index is 13.6. The monoisotopic (exact) mass is 494 g/mol. The maximum absolute atomic E-state index is 13.6. The summed E-state index contributed by atoms with van der Waals surface area (Å²) in [6, 6.07) is 4.02. The Labute approximate surface area is 192 Å². The van der Waals surface area contributed by atoms with E-state index in [0.29, 0.717) is 0 Å². The van der Waals surface area contributed by atoms with Gasteiger partial charge in [0.1, 0.15) is 16.2 Å². The zero-order valence-corrected chi connectivity index (χ0v) is 19.7. The van der Waals surface area contributed by atoms with E-state index >= 15 is 0 Å². The molecule has 2 aliphatic heterocycles. The standard InChI is InChI=1S/C21H26N4O6S2/c1-32(28,29)23-12-9-10-15-17(11-12)33(30,31)24-20(22-15)18-19(26)14-7-4-8-16(14)25(21(18)27)13-5-2-3-6-13/h9-11,13-14,16,23,26H,2-8H2,1H3,(H,22,24). The molecule has 33 heavy (non-hydrogen) atoms. The van der Waals surface area contributed by atoms with Gasteiger partial charge in [0.2, 0.25) is 10.0 Å². The molecule has 0 saturated heterocycles. The van der Waals surface area contributed by atoms with Gasteiger partial charge in [0.25, 0.3) is 15.9 Å². The molecule has 2 heterocycles. The Hall–Kier alpha value is -2.60. The molecule has 2 atom stereocenters. The highest BCUT2D eigenvalue weighted by Gasteiger charge is 2.49. The summed E-state index contributed by atoms with van der Waals surface area (Å²) in [6.45, 7) is 0. The Morgan fingerprint density at radius 3 is 2.58 bits per heavy atom. The third kappa shape index (κ3) is 3.88. The number of fused-ring (bicyclic) bond motifs is 2. The second-order valence-corrected chi connectivity index (χ2v) is 12.5. The number of sulfonamides is 2. The van der Waals surface area contributed by atoms with Gasteiger partial charge in [0.05, 0.1) is 11.9 Å². The number of amidine groups is 1. The van der Waals surface area contributed by atoms with Crippen molar-refractivity contribution in [3.05, 3.63) is 29.5 Å². The van der Waals surface area contributed by atoms with Gasteiger partial charge in [0, 0.05) is 23.7 Å². The summed E-state index contributed by atoms with van der Waals surface area (Å²) in [5.74, 6) is -0.907. The summed E-state index contributed by atoms with van der Waals surface area (Å²) in [6.07, 6.45) is 7.30. The number of hydrogen-bond acceptors (Lipinski definition) is 7. The van der Waals surface area contributed by atoms with Crippen LogP contribution in [0.1, 0.15) is 44.9 Å². The van der Waals surface area contributed by atoms with Crippen molar-refractivity contribution in [2.75, 3.05) is 16.3 Å². The summed E-state index contributed by atoms with van der Waals surface area (Å²) in [7, 11) is -7.85. The van der Waals surface area contributed by atoms with Crippen LogP contribution in [0.15, 0.2) is 38.8 Å². The predicted octanol–water partition coefficient (Wildman–Crippen LogP) is 2.34. The highest BCUT2D eigenvalue weighted by molar-refractivity contribution is 7.92. The molecule has 2 aliphatic carbocycles. The van der Waals surface area contributed by atoms with Crippen molar-refractivity contribution < 1.29 is 26.7 Å². The Bertz CT molecular complexity index is 1300. The molecule has 3 N–H and O–H groups in total. The summed E-state index contributed by atoms with van der Waals surface area (Å²) >= 11 is 0. The molecule has 12 heteroatoms. The van der Waals surface area contributed by atoms with Gasteiger partial charge in [0.15, 0.2) is 5.84 Å². The molecule has 4 aliphatic rings. The van der Waals surface area contributed by atoms with E-state index in [0.717, 1.165) is 51.2 Å². The minimum atomic E-state index is -4.25. The Morgan fingerprint density at radius 1 is 1.15 bits per heavy atom. The highest BCUT2D eigenvalue weighted by atomic mass is 32.2. The molecular weight excluding hydrogens is 468 g/mol. The minimum absolute atomic E-state index is 0.0675. The molecule has 178 valence electrons. The summed E-state index contributed by atoms with van der Waals surface area (Å²) < 4.78 is 55.1. The Kier molecular flexibility index (Phi) is 5.20. The SMILES string of the molecule is CS(=O)(=O)Nc1ccc2c(c1)S(=O)(=O)N=C(C1=C(O)C3CCCC3N(C3CCCC3)C1=O)N2. The Morgan fingerprint density at radius 2 is 1.88 bits per heavy atom. The van der Waals surface area contributed by atoms with Crippen LogP contribution in [-0.2, 0) is 24.8 Å². The molecule has 2 saturated carbocycles. The number of carbonyl (C=O) groups is 1. The van der Waals surface area contributed by atoms with E-state index < -0.39 is 20.0 Å². The number of aliphatic hydroxyl groups is 1. The van der Waals surface area contributed by atoms with Gasteiger partial charge in [-0.2, -0.15) is 8.42 Å². The molecule has 2 fully saturated rings. The molecule has 0 radical (unpaired) electrons. The smallest absolute Gasteiger partial charge is 0.286 e. The third-order valence-corrected chi connectivity index (χ3v) is 8.80.